The van der Waals surface area contributed by atoms with Gasteiger partial charge in [0.1, 0.15) is 5.57 Å². The maximum absolute atomic E-state index is 13.7. The van der Waals surface area contributed by atoms with Gasteiger partial charge in [-0.1, -0.05) is 79.4 Å². The number of hydrogen-bond acceptors (Lipinski definition) is 6. The number of carbonyl (C=O) groups is 3. The average molecular weight is 689 g/mol. The van der Waals surface area contributed by atoms with Crippen LogP contribution in [0.3, 0.4) is 0 Å². The first kappa shape index (κ1) is 36.0. The number of amides is 3. The molecular formula is C40H38F2N6O3. The van der Waals surface area contributed by atoms with E-state index in [2.05, 4.69) is 39.6 Å². The third kappa shape index (κ3) is 8.83. The van der Waals surface area contributed by atoms with Gasteiger partial charge in [0.15, 0.2) is 11.6 Å². The number of rotatable bonds is 13. The van der Waals surface area contributed by atoms with E-state index < -0.39 is 23.4 Å². The summed E-state index contributed by atoms with van der Waals surface area (Å²) in [4.78, 5) is 42.5. The lowest BCUT2D eigenvalue weighted by molar-refractivity contribution is -0.128. The second-order valence-electron chi connectivity index (χ2n) is 12.0. The summed E-state index contributed by atoms with van der Waals surface area (Å²) < 4.78 is 27.0. The number of hydrogen-bond donors (Lipinski definition) is 4. The molecule has 1 heterocycles. The molecule has 5 N–H and O–H groups in total. The number of anilines is 2. The van der Waals surface area contributed by atoms with E-state index in [9.17, 15) is 23.2 Å². The number of fused-ring (bicyclic) bond motifs is 1. The minimum absolute atomic E-state index is 0.0602. The van der Waals surface area contributed by atoms with Crippen LogP contribution in [-0.2, 0) is 27.5 Å². The highest BCUT2D eigenvalue weighted by Crippen LogP contribution is 2.38. The van der Waals surface area contributed by atoms with E-state index in [1.807, 2.05) is 74.8 Å². The van der Waals surface area contributed by atoms with Crippen LogP contribution in [0.15, 0.2) is 122 Å². The predicted octanol–water partition coefficient (Wildman–Crippen LogP) is 6.10. The first-order valence-corrected chi connectivity index (χ1v) is 16.1. The van der Waals surface area contributed by atoms with Crippen LogP contribution in [-0.4, -0.2) is 48.2 Å². The van der Waals surface area contributed by atoms with Gasteiger partial charge in [-0.05, 0) is 66.7 Å². The number of halogens is 2. The van der Waals surface area contributed by atoms with E-state index in [0.717, 1.165) is 52.2 Å². The van der Waals surface area contributed by atoms with Gasteiger partial charge in [-0.3, -0.25) is 14.4 Å². The minimum atomic E-state index is -1.06. The van der Waals surface area contributed by atoms with Crippen molar-refractivity contribution in [3.8, 4) is 0 Å². The second kappa shape index (κ2) is 16.4. The summed E-state index contributed by atoms with van der Waals surface area (Å²) in [6.07, 6.45) is 5.52. The summed E-state index contributed by atoms with van der Waals surface area (Å²) in [6, 6.07) is 26.6. The quantitative estimate of drug-likeness (QED) is 0.0766. The molecule has 1 aliphatic heterocycles. The lowest BCUT2D eigenvalue weighted by Crippen LogP contribution is -2.35. The zero-order chi connectivity index (χ0) is 36.5. The van der Waals surface area contributed by atoms with Crippen LogP contribution in [0.4, 0.5) is 20.2 Å². The smallest absolute Gasteiger partial charge is 0.265 e. The Morgan fingerprint density at radius 1 is 0.902 bits per heavy atom. The van der Waals surface area contributed by atoms with Gasteiger partial charge in [0.25, 0.3) is 17.7 Å². The van der Waals surface area contributed by atoms with Crippen molar-refractivity contribution in [1.82, 2.24) is 15.1 Å². The van der Waals surface area contributed by atoms with Gasteiger partial charge < -0.3 is 31.5 Å². The normalized spacial score (nSPS) is 13.5. The Hall–Kier alpha value is -6.33. The fraction of sp³-hybridized carbons (Fsp3) is 0.125. The predicted molar refractivity (Wildman–Crippen MR) is 197 cm³/mol. The molecule has 0 aromatic heterocycles. The zero-order valence-corrected chi connectivity index (χ0v) is 28.3. The van der Waals surface area contributed by atoms with Crippen LogP contribution in [0.5, 0.6) is 0 Å². The van der Waals surface area contributed by atoms with Gasteiger partial charge in [0.2, 0.25) is 0 Å². The highest BCUT2D eigenvalue weighted by Gasteiger charge is 2.29. The van der Waals surface area contributed by atoms with E-state index in [1.54, 1.807) is 12.2 Å². The molecule has 0 fully saturated rings. The number of nitrogens with two attached hydrogens (primary N) is 1. The van der Waals surface area contributed by atoms with Crippen LogP contribution in [0.2, 0.25) is 0 Å². The maximum atomic E-state index is 13.7. The standard InChI is InChI=1S/C40H38F2N6O3/c1-4-48(25-28-15-19-33(41)34(42)21-28)40(51)32(23-43)38(49)44-20-8-9-26-14-18-31-35(22-26)46-39(50)36(31)37(29-10-6-5-7-11-29)45-30-16-12-27(13-17-30)24-47(2)3/h4-19,21-23,45H,1,20,24-25,43H2,2-3H3,(H,44,49)(H,46,50)/b9-8+,32-23-,37-36-. The molecule has 0 spiro atoms. The molecule has 0 saturated carbocycles. The SMILES string of the molecule is C=CN(Cc1ccc(F)c(F)c1)C(=O)/C(=C\N)C(=O)NC/C=C/c1ccc2c(c1)NC(=O)/C2=C(\Nc1ccc(CN(C)C)cc1)c1ccccc1. The molecule has 4 aromatic carbocycles. The van der Waals surface area contributed by atoms with Gasteiger partial charge in [-0.2, -0.15) is 0 Å². The number of carbonyl (C=O) groups excluding carboxylic acids is 3. The van der Waals surface area contributed by atoms with Crippen LogP contribution >= 0.6 is 0 Å². The molecule has 260 valence electrons. The van der Waals surface area contributed by atoms with Crippen molar-refractivity contribution in [3.05, 3.63) is 161 Å². The third-order valence-corrected chi connectivity index (χ3v) is 7.97. The molecule has 0 bridgehead atoms. The minimum Gasteiger partial charge on any atom is -0.404 e. The van der Waals surface area contributed by atoms with E-state index >= 15 is 0 Å². The van der Waals surface area contributed by atoms with Gasteiger partial charge in [0, 0.05) is 42.4 Å². The molecule has 9 nitrogen and oxygen atoms in total. The number of benzene rings is 4. The van der Waals surface area contributed by atoms with Crippen molar-refractivity contribution in [2.75, 3.05) is 31.3 Å². The lowest BCUT2D eigenvalue weighted by atomic mass is 9.99. The summed E-state index contributed by atoms with van der Waals surface area (Å²) in [6.45, 7) is 4.31. The van der Waals surface area contributed by atoms with Gasteiger partial charge in [-0.25, -0.2) is 8.78 Å². The Labute approximate surface area is 295 Å². The molecule has 11 heteroatoms. The van der Waals surface area contributed by atoms with Crippen LogP contribution in [0, 0.1) is 11.6 Å². The van der Waals surface area contributed by atoms with E-state index in [-0.39, 0.29) is 24.6 Å². The first-order chi connectivity index (χ1) is 24.6. The van der Waals surface area contributed by atoms with Crippen molar-refractivity contribution in [2.24, 2.45) is 5.73 Å². The molecule has 51 heavy (non-hydrogen) atoms. The Morgan fingerprint density at radius 2 is 1.63 bits per heavy atom. The molecule has 0 radical (unpaired) electrons. The van der Waals surface area contributed by atoms with Crippen LogP contribution < -0.4 is 21.7 Å². The molecule has 3 amide bonds. The van der Waals surface area contributed by atoms with Crippen molar-refractivity contribution in [2.45, 2.75) is 13.1 Å². The van der Waals surface area contributed by atoms with Crippen LogP contribution in [0.1, 0.15) is 27.8 Å². The largest absolute Gasteiger partial charge is 0.404 e. The monoisotopic (exact) mass is 688 g/mol. The highest BCUT2D eigenvalue weighted by molar-refractivity contribution is 6.37. The molecule has 0 saturated heterocycles. The lowest BCUT2D eigenvalue weighted by Gasteiger charge is -2.19. The number of nitrogens with zero attached hydrogens (tertiary/aromatic N) is 2. The Morgan fingerprint density at radius 3 is 2.29 bits per heavy atom. The molecule has 4 aromatic rings. The second-order valence-corrected chi connectivity index (χ2v) is 12.0. The molecular weight excluding hydrogens is 650 g/mol. The maximum Gasteiger partial charge on any atom is 0.265 e. The average Bonchev–Trinajstić information content (AvgIpc) is 3.45. The summed E-state index contributed by atoms with van der Waals surface area (Å²) in [5.74, 6) is -3.80. The first-order valence-electron chi connectivity index (χ1n) is 16.1. The van der Waals surface area contributed by atoms with Gasteiger partial charge >= 0.3 is 0 Å². The Kier molecular flexibility index (Phi) is 11.6. The fourth-order valence-corrected chi connectivity index (χ4v) is 5.52. The summed E-state index contributed by atoms with van der Waals surface area (Å²) in [7, 11) is 4.04. The Balaban J connectivity index is 1.28. The van der Waals surface area contributed by atoms with E-state index in [1.165, 1.54) is 17.8 Å². The van der Waals surface area contributed by atoms with Crippen molar-refractivity contribution in [1.29, 1.82) is 0 Å². The van der Waals surface area contributed by atoms with Crippen molar-refractivity contribution in [3.63, 3.8) is 0 Å². The van der Waals surface area contributed by atoms with Crippen molar-refractivity contribution >= 4 is 46.4 Å². The summed E-state index contributed by atoms with van der Waals surface area (Å²) in [5.41, 5.74) is 11.8. The summed E-state index contributed by atoms with van der Waals surface area (Å²) in [5, 5.41) is 9.09. The zero-order valence-electron chi connectivity index (χ0n) is 28.3. The highest BCUT2D eigenvalue weighted by atomic mass is 19.2. The van der Waals surface area contributed by atoms with Gasteiger partial charge in [-0.15, -0.1) is 0 Å². The molecule has 5 rings (SSSR count). The topological polar surface area (TPSA) is 120 Å². The molecule has 1 aliphatic rings. The Bertz CT molecular complexity index is 2040. The van der Waals surface area contributed by atoms with Gasteiger partial charge in [0.05, 0.1) is 17.8 Å². The third-order valence-electron chi connectivity index (χ3n) is 7.97. The molecule has 0 unspecified atom stereocenters. The number of nitrogens with one attached hydrogen (secondary N) is 3. The van der Waals surface area contributed by atoms with E-state index in [4.69, 9.17) is 5.73 Å². The van der Waals surface area contributed by atoms with Crippen LogP contribution in [0.25, 0.3) is 17.3 Å². The molecule has 0 aliphatic carbocycles. The summed E-state index contributed by atoms with van der Waals surface area (Å²) >= 11 is 0. The van der Waals surface area contributed by atoms with E-state index in [0.29, 0.717) is 22.5 Å². The fourth-order valence-electron chi connectivity index (χ4n) is 5.52. The van der Waals surface area contributed by atoms with Crippen molar-refractivity contribution < 1.29 is 23.2 Å². The molecule has 0 atom stereocenters.